The minimum Gasteiger partial charge on any atom is -0.439 e. The Morgan fingerprint density at radius 3 is 2.44 bits per heavy atom. The van der Waals surface area contributed by atoms with Gasteiger partial charge in [0.1, 0.15) is 11.4 Å². The fraction of sp³-hybridized carbons (Fsp3) is 0.316. The van der Waals surface area contributed by atoms with E-state index in [0.717, 1.165) is 17.1 Å². The van der Waals surface area contributed by atoms with E-state index in [9.17, 15) is 0 Å². The molecule has 0 aliphatic heterocycles. The van der Waals surface area contributed by atoms with Crippen molar-refractivity contribution in [2.75, 3.05) is 5.32 Å². The lowest BCUT2D eigenvalue weighted by molar-refractivity contribution is 0.347. The van der Waals surface area contributed by atoms with Crippen LogP contribution in [0.5, 0.6) is 11.6 Å². The Hall–Kier alpha value is -2.89. The van der Waals surface area contributed by atoms with Gasteiger partial charge < -0.3 is 10.1 Å². The van der Waals surface area contributed by atoms with Crippen LogP contribution < -0.4 is 10.1 Å². The van der Waals surface area contributed by atoms with Gasteiger partial charge in [0.2, 0.25) is 5.88 Å². The summed E-state index contributed by atoms with van der Waals surface area (Å²) in [6, 6.07) is 11.7. The molecule has 1 aromatic carbocycles. The summed E-state index contributed by atoms with van der Waals surface area (Å²) >= 11 is 0. The summed E-state index contributed by atoms with van der Waals surface area (Å²) in [7, 11) is 0. The third-order valence-electron chi connectivity index (χ3n) is 3.68. The quantitative estimate of drug-likeness (QED) is 0.758. The fourth-order valence-electron chi connectivity index (χ4n) is 2.17. The van der Waals surface area contributed by atoms with E-state index >= 15 is 0 Å². The lowest BCUT2D eigenvalue weighted by Gasteiger charge is -2.17. The molecule has 0 aliphatic rings. The minimum absolute atomic E-state index is 0.0677. The molecule has 0 fully saturated rings. The first-order valence-electron chi connectivity index (χ1n) is 8.26. The second kappa shape index (κ2) is 6.93. The first-order chi connectivity index (χ1) is 11.9. The van der Waals surface area contributed by atoms with Crippen molar-refractivity contribution in [1.29, 1.82) is 0 Å². The summed E-state index contributed by atoms with van der Waals surface area (Å²) in [5.74, 6) is 1.34. The number of anilines is 1. The molecule has 0 saturated carbocycles. The number of benzene rings is 1. The van der Waals surface area contributed by atoms with Crippen molar-refractivity contribution in [3.63, 3.8) is 0 Å². The van der Waals surface area contributed by atoms with E-state index in [1.807, 2.05) is 54.2 Å². The summed E-state index contributed by atoms with van der Waals surface area (Å²) < 4.78 is 7.59. The Morgan fingerprint density at radius 1 is 1.08 bits per heavy atom. The first-order valence-corrected chi connectivity index (χ1v) is 8.26. The number of aromatic nitrogens is 4. The molecular weight excluding hydrogens is 314 g/mol. The highest BCUT2D eigenvalue weighted by atomic mass is 16.5. The van der Waals surface area contributed by atoms with Crippen molar-refractivity contribution in [1.82, 2.24) is 20.0 Å². The molecule has 2 aromatic heterocycles. The van der Waals surface area contributed by atoms with Crippen LogP contribution in [0.1, 0.15) is 32.0 Å². The van der Waals surface area contributed by atoms with Gasteiger partial charge in [0.25, 0.3) is 0 Å². The Bertz CT molecular complexity index is 816. The summed E-state index contributed by atoms with van der Waals surface area (Å²) in [5, 5.41) is 11.6. The van der Waals surface area contributed by atoms with Crippen LogP contribution in [0.2, 0.25) is 0 Å². The van der Waals surface area contributed by atoms with Crippen molar-refractivity contribution < 1.29 is 4.74 Å². The summed E-state index contributed by atoms with van der Waals surface area (Å²) in [4.78, 5) is 4.33. The third kappa shape index (κ3) is 4.56. The second-order valence-electron chi connectivity index (χ2n) is 6.98. The molecule has 6 nitrogen and oxygen atoms in total. The van der Waals surface area contributed by atoms with Crippen molar-refractivity contribution in [3.05, 3.63) is 60.0 Å². The largest absolute Gasteiger partial charge is 0.439 e. The van der Waals surface area contributed by atoms with Gasteiger partial charge in [-0.05, 0) is 45.9 Å². The van der Waals surface area contributed by atoms with Crippen LogP contribution in [0.3, 0.4) is 0 Å². The average molecular weight is 337 g/mol. The van der Waals surface area contributed by atoms with Gasteiger partial charge in [0, 0.05) is 6.07 Å². The molecule has 0 bridgehead atoms. The van der Waals surface area contributed by atoms with Crippen molar-refractivity contribution >= 4 is 5.69 Å². The maximum absolute atomic E-state index is 5.73. The number of aryl methyl sites for hydroxylation is 1. The normalized spacial score (nSPS) is 11.4. The number of hydrogen-bond acceptors (Lipinski definition) is 5. The molecule has 130 valence electrons. The van der Waals surface area contributed by atoms with Gasteiger partial charge in [-0.2, -0.15) is 0 Å². The number of ether oxygens (including phenoxy) is 1. The molecule has 0 saturated heterocycles. The predicted molar refractivity (Wildman–Crippen MR) is 97.8 cm³/mol. The highest BCUT2D eigenvalue weighted by molar-refractivity contribution is 5.43. The van der Waals surface area contributed by atoms with E-state index in [1.54, 1.807) is 6.20 Å². The van der Waals surface area contributed by atoms with E-state index in [4.69, 9.17) is 4.74 Å². The number of nitrogens with one attached hydrogen (secondary N) is 1. The van der Waals surface area contributed by atoms with E-state index < -0.39 is 0 Å². The highest BCUT2D eigenvalue weighted by Crippen LogP contribution is 2.21. The molecule has 0 spiro atoms. The van der Waals surface area contributed by atoms with Crippen molar-refractivity contribution in [2.45, 2.75) is 39.8 Å². The predicted octanol–water partition coefficient (Wildman–Crippen LogP) is 4.14. The molecule has 2 heterocycles. The van der Waals surface area contributed by atoms with Crippen LogP contribution in [0.25, 0.3) is 0 Å². The zero-order chi connectivity index (χ0) is 17.9. The highest BCUT2D eigenvalue weighted by Gasteiger charge is 2.14. The molecule has 0 unspecified atom stereocenters. The summed E-state index contributed by atoms with van der Waals surface area (Å²) in [6.07, 6.45) is 3.70. The van der Waals surface area contributed by atoms with E-state index in [1.165, 1.54) is 5.56 Å². The zero-order valence-corrected chi connectivity index (χ0v) is 15.0. The fourth-order valence-corrected chi connectivity index (χ4v) is 2.17. The van der Waals surface area contributed by atoms with Gasteiger partial charge in [-0.3, -0.25) is 0 Å². The maximum Gasteiger partial charge on any atom is 0.219 e. The number of rotatable bonds is 5. The van der Waals surface area contributed by atoms with Crippen molar-refractivity contribution in [2.24, 2.45) is 0 Å². The molecule has 0 radical (unpaired) electrons. The zero-order valence-electron chi connectivity index (χ0n) is 15.0. The first kappa shape index (κ1) is 17.0. The van der Waals surface area contributed by atoms with Crippen LogP contribution in [-0.2, 0) is 12.1 Å². The lowest BCUT2D eigenvalue weighted by Crippen LogP contribution is -2.22. The Kier molecular flexibility index (Phi) is 4.70. The van der Waals surface area contributed by atoms with Crippen LogP contribution in [-0.4, -0.2) is 20.0 Å². The summed E-state index contributed by atoms with van der Waals surface area (Å²) in [6.45, 7) is 8.92. The molecule has 0 amide bonds. The molecule has 0 aliphatic carbocycles. The van der Waals surface area contributed by atoms with Crippen LogP contribution in [0, 0.1) is 6.92 Å². The number of nitrogens with zero attached hydrogens (tertiary/aromatic N) is 4. The van der Waals surface area contributed by atoms with Gasteiger partial charge in [-0.15, -0.1) is 5.10 Å². The smallest absolute Gasteiger partial charge is 0.219 e. The van der Waals surface area contributed by atoms with E-state index in [2.05, 4.69) is 41.4 Å². The minimum atomic E-state index is -0.0677. The van der Waals surface area contributed by atoms with Crippen molar-refractivity contribution in [3.8, 4) is 11.6 Å². The topological polar surface area (TPSA) is 64.9 Å². The summed E-state index contributed by atoms with van der Waals surface area (Å²) in [5.41, 5.74) is 2.92. The molecule has 1 N–H and O–H groups in total. The van der Waals surface area contributed by atoms with E-state index in [0.29, 0.717) is 12.4 Å². The van der Waals surface area contributed by atoms with Gasteiger partial charge in [0.05, 0.1) is 30.2 Å². The molecule has 3 aromatic rings. The van der Waals surface area contributed by atoms with Gasteiger partial charge in [-0.25, -0.2) is 9.67 Å². The Labute approximate surface area is 147 Å². The van der Waals surface area contributed by atoms with Crippen LogP contribution in [0.4, 0.5) is 5.69 Å². The molecule has 0 atom stereocenters. The van der Waals surface area contributed by atoms with Crippen LogP contribution in [0.15, 0.2) is 48.8 Å². The number of hydrogen-bond donors (Lipinski definition) is 1. The van der Waals surface area contributed by atoms with Crippen LogP contribution >= 0.6 is 0 Å². The standard InChI is InChI=1S/C19H23N5O/c1-14-5-8-17(9-6-14)25-18-10-7-15(11-21-18)20-12-16-13-24(23-22-16)19(2,3)4/h5-11,13,20H,12H2,1-4H3. The molecule has 3 rings (SSSR count). The molecule has 6 heteroatoms. The number of pyridine rings is 1. The molecular formula is C19H23N5O. The van der Waals surface area contributed by atoms with E-state index in [-0.39, 0.29) is 5.54 Å². The van der Waals surface area contributed by atoms with Gasteiger partial charge >= 0.3 is 0 Å². The lowest BCUT2D eigenvalue weighted by atomic mass is 10.1. The Morgan fingerprint density at radius 2 is 1.84 bits per heavy atom. The molecule has 25 heavy (non-hydrogen) atoms. The average Bonchev–Trinajstić information content (AvgIpc) is 3.06. The second-order valence-corrected chi connectivity index (χ2v) is 6.98. The maximum atomic E-state index is 5.73. The van der Waals surface area contributed by atoms with Gasteiger partial charge in [-0.1, -0.05) is 22.9 Å². The SMILES string of the molecule is Cc1ccc(Oc2ccc(NCc3cn(C(C)(C)C)nn3)cn2)cc1. The third-order valence-corrected chi connectivity index (χ3v) is 3.68. The Balaban J connectivity index is 1.57. The monoisotopic (exact) mass is 337 g/mol. The van der Waals surface area contributed by atoms with Gasteiger partial charge in [0.15, 0.2) is 0 Å².